The summed E-state index contributed by atoms with van der Waals surface area (Å²) in [5, 5.41) is 9.27. The highest BCUT2D eigenvalue weighted by Gasteiger charge is 2.34. The fourth-order valence-corrected chi connectivity index (χ4v) is 4.40. The minimum absolute atomic E-state index is 0.0224. The van der Waals surface area contributed by atoms with E-state index in [1.807, 2.05) is 0 Å². The summed E-state index contributed by atoms with van der Waals surface area (Å²) in [6.07, 6.45) is 1.01. The summed E-state index contributed by atoms with van der Waals surface area (Å²) in [6, 6.07) is 13.5. The Hall–Kier alpha value is -2.87. The van der Waals surface area contributed by atoms with Crippen LogP contribution in [-0.4, -0.2) is 49.9 Å². The third-order valence-electron chi connectivity index (χ3n) is 4.66. The number of nitrogens with zero attached hydrogens (tertiary/aromatic N) is 2. The third-order valence-corrected chi connectivity index (χ3v) is 6.44. The van der Waals surface area contributed by atoms with E-state index in [1.54, 1.807) is 30.3 Å². The molecule has 142 valence electrons. The molecule has 0 bridgehead atoms. The zero-order valence-electron chi connectivity index (χ0n) is 14.8. The highest BCUT2D eigenvalue weighted by atomic mass is 32.2. The lowest BCUT2D eigenvalue weighted by Crippen LogP contribution is -2.40. The lowest BCUT2D eigenvalue weighted by molar-refractivity contribution is -0.141. The normalized spacial score (nSPS) is 16.9. The average molecular weight is 388 g/mol. The molecule has 8 heteroatoms. The summed E-state index contributed by atoms with van der Waals surface area (Å²) in [5.41, 5.74) is 0.658. The van der Waals surface area contributed by atoms with Crippen LogP contribution in [0.25, 0.3) is 0 Å². The molecule has 1 atom stereocenters. The van der Waals surface area contributed by atoms with E-state index in [9.17, 15) is 23.1 Å². The van der Waals surface area contributed by atoms with Gasteiger partial charge >= 0.3 is 5.97 Å². The Bertz CT molecular complexity index is 959. The second-order valence-corrected chi connectivity index (χ2v) is 8.30. The molecule has 1 aliphatic rings. The van der Waals surface area contributed by atoms with Gasteiger partial charge < -0.3 is 10.0 Å². The van der Waals surface area contributed by atoms with Crippen molar-refractivity contribution >= 4 is 27.6 Å². The van der Waals surface area contributed by atoms with Crippen molar-refractivity contribution in [3.8, 4) is 0 Å². The summed E-state index contributed by atoms with van der Waals surface area (Å²) in [6.45, 7) is 0.344. The molecule has 0 saturated carbocycles. The summed E-state index contributed by atoms with van der Waals surface area (Å²) in [4.78, 5) is 25.3. The predicted molar refractivity (Wildman–Crippen MR) is 100 cm³/mol. The second-order valence-electron chi connectivity index (χ2n) is 6.33. The molecule has 1 aliphatic heterocycles. The quantitative estimate of drug-likeness (QED) is 0.847. The van der Waals surface area contributed by atoms with Crippen LogP contribution in [0.2, 0.25) is 0 Å². The number of carbonyl (C=O) groups is 2. The van der Waals surface area contributed by atoms with Crippen molar-refractivity contribution in [3.63, 3.8) is 0 Å². The maximum absolute atomic E-state index is 12.9. The first kappa shape index (κ1) is 18.9. The molecule has 3 rings (SSSR count). The van der Waals surface area contributed by atoms with Gasteiger partial charge in [-0.05, 0) is 43.2 Å². The Morgan fingerprint density at radius 3 is 2.48 bits per heavy atom. The molecule has 1 fully saturated rings. The van der Waals surface area contributed by atoms with Crippen molar-refractivity contribution in [2.75, 3.05) is 17.9 Å². The SMILES string of the molecule is CN(c1ccccc1)S(=O)(=O)c1cccc(C(=O)N2CCCC2C(=O)O)c1. The monoisotopic (exact) mass is 388 g/mol. The highest BCUT2D eigenvalue weighted by molar-refractivity contribution is 7.92. The summed E-state index contributed by atoms with van der Waals surface area (Å²) in [5.74, 6) is -1.52. The van der Waals surface area contributed by atoms with E-state index >= 15 is 0 Å². The number of hydrogen-bond donors (Lipinski definition) is 1. The highest BCUT2D eigenvalue weighted by Crippen LogP contribution is 2.24. The topological polar surface area (TPSA) is 95.0 Å². The number of hydrogen-bond acceptors (Lipinski definition) is 4. The minimum atomic E-state index is -3.86. The Morgan fingerprint density at radius 2 is 1.81 bits per heavy atom. The van der Waals surface area contributed by atoms with Gasteiger partial charge in [-0.15, -0.1) is 0 Å². The Morgan fingerprint density at radius 1 is 1.11 bits per heavy atom. The standard InChI is InChI=1S/C19H20N2O5S/c1-20(15-8-3-2-4-9-15)27(25,26)16-10-5-7-14(13-16)18(22)21-12-6-11-17(21)19(23)24/h2-5,7-10,13,17H,6,11-12H2,1H3,(H,23,24). The molecule has 0 aromatic heterocycles. The molecule has 1 amide bonds. The Balaban J connectivity index is 1.91. The van der Waals surface area contributed by atoms with Gasteiger partial charge in [-0.3, -0.25) is 9.10 Å². The van der Waals surface area contributed by atoms with Gasteiger partial charge in [0, 0.05) is 19.2 Å². The van der Waals surface area contributed by atoms with Crippen LogP contribution in [-0.2, 0) is 14.8 Å². The van der Waals surface area contributed by atoms with Crippen molar-refractivity contribution in [1.82, 2.24) is 4.90 Å². The predicted octanol–water partition coefficient (Wildman–Crippen LogP) is 2.20. The summed E-state index contributed by atoms with van der Waals surface area (Å²) < 4.78 is 27.0. The number of benzene rings is 2. The van der Waals surface area contributed by atoms with E-state index in [0.29, 0.717) is 25.1 Å². The first-order valence-corrected chi connectivity index (χ1v) is 9.94. The smallest absolute Gasteiger partial charge is 0.326 e. The molecule has 1 saturated heterocycles. The molecule has 7 nitrogen and oxygen atoms in total. The van der Waals surface area contributed by atoms with Crippen molar-refractivity contribution in [2.45, 2.75) is 23.8 Å². The van der Waals surface area contributed by atoms with E-state index < -0.39 is 27.9 Å². The van der Waals surface area contributed by atoms with Gasteiger partial charge in [-0.2, -0.15) is 0 Å². The van der Waals surface area contributed by atoms with Crippen LogP contribution in [0.3, 0.4) is 0 Å². The minimum Gasteiger partial charge on any atom is -0.480 e. The number of carboxylic acids is 1. The maximum Gasteiger partial charge on any atom is 0.326 e. The van der Waals surface area contributed by atoms with Crippen molar-refractivity contribution in [2.24, 2.45) is 0 Å². The zero-order chi connectivity index (χ0) is 19.6. The number of amides is 1. The number of sulfonamides is 1. The van der Waals surface area contributed by atoms with Gasteiger partial charge in [-0.1, -0.05) is 24.3 Å². The summed E-state index contributed by atoms with van der Waals surface area (Å²) in [7, 11) is -2.41. The number of carbonyl (C=O) groups excluding carboxylic acids is 1. The molecular weight excluding hydrogens is 368 g/mol. The van der Waals surface area contributed by atoms with Crippen molar-refractivity contribution < 1.29 is 23.1 Å². The number of likely N-dealkylation sites (tertiary alicyclic amines) is 1. The molecule has 1 N–H and O–H groups in total. The van der Waals surface area contributed by atoms with Crippen molar-refractivity contribution in [3.05, 3.63) is 60.2 Å². The van der Waals surface area contributed by atoms with Crippen LogP contribution in [0, 0.1) is 0 Å². The molecule has 0 aliphatic carbocycles. The van der Waals surface area contributed by atoms with Gasteiger partial charge in [-0.25, -0.2) is 13.2 Å². The van der Waals surface area contributed by atoms with Crippen LogP contribution >= 0.6 is 0 Å². The van der Waals surface area contributed by atoms with E-state index in [2.05, 4.69) is 0 Å². The van der Waals surface area contributed by atoms with Gasteiger partial charge in [0.2, 0.25) is 0 Å². The molecule has 27 heavy (non-hydrogen) atoms. The first-order chi connectivity index (χ1) is 12.8. The number of anilines is 1. The van der Waals surface area contributed by atoms with Crippen LogP contribution in [0.4, 0.5) is 5.69 Å². The maximum atomic E-state index is 12.9. The van der Waals surface area contributed by atoms with Crippen LogP contribution in [0.5, 0.6) is 0 Å². The number of para-hydroxylation sites is 1. The lowest BCUT2D eigenvalue weighted by Gasteiger charge is -2.22. The molecule has 1 unspecified atom stereocenters. The van der Waals surface area contributed by atoms with E-state index in [-0.39, 0.29) is 10.5 Å². The first-order valence-electron chi connectivity index (χ1n) is 8.50. The molecule has 0 spiro atoms. The van der Waals surface area contributed by atoms with Crippen LogP contribution in [0.1, 0.15) is 23.2 Å². The van der Waals surface area contributed by atoms with Gasteiger partial charge in [0.05, 0.1) is 10.6 Å². The molecule has 2 aromatic carbocycles. The summed E-state index contributed by atoms with van der Waals surface area (Å²) >= 11 is 0. The number of carboxylic acid groups (broad SMARTS) is 1. The Kier molecular flexibility index (Phi) is 5.18. The van der Waals surface area contributed by atoms with E-state index in [0.717, 1.165) is 4.31 Å². The van der Waals surface area contributed by atoms with Gasteiger partial charge in [0.15, 0.2) is 0 Å². The van der Waals surface area contributed by atoms with Gasteiger partial charge in [0.1, 0.15) is 6.04 Å². The van der Waals surface area contributed by atoms with E-state index in [4.69, 9.17) is 0 Å². The second kappa shape index (κ2) is 7.40. The van der Waals surface area contributed by atoms with E-state index in [1.165, 1.54) is 36.2 Å². The largest absolute Gasteiger partial charge is 0.480 e. The zero-order valence-corrected chi connectivity index (χ0v) is 15.6. The lowest BCUT2D eigenvalue weighted by atomic mass is 10.1. The Labute approximate surface area is 157 Å². The van der Waals surface area contributed by atoms with Gasteiger partial charge in [0.25, 0.3) is 15.9 Å². The average Bonchev–Trinajstić information content (AvgIpc) is 3.17. The molecule has 1 heterocycles. The van der Waals surface area contributed by atoms with Crippen LogP contribution in [0.15, 0.2) is 59.5 Å². The molecule has 2 aromatic rings. The fourth-order valence-electron chi connectivity index (χ4n) is 3.16. The van der Waals surface area contributed by atoms with Crippen molar-refractivity contribution in [1.29, 1.82) is 0 Å². The molecular formula is C19H20N2O5S. The number of aliphatic carboxylic acids is 1. The molecule has 0 radical (unpaired) electrons. The number of rotatable bonds is 5. The fraction of sp³-hybridized carbons (Fsp3) is 0.263. The van der Waals surface area contributed by atoms with Crippen LogP contribution < -0.4 is 4.31 Å². The third kappa shape index (κ3) is 3.66.